The molecule has 0 atom stereocenters. The minimum atomic E-state index is 0.125. The number of hydrogen-bond donors (Lipinski definition) is 0. The third kappa shape index (κ3) is 3.50. The molecule has 0 amide bonds. The van der Waals surface area contributed by atoms with Gasteiger partial charge in [-0.3, -0.25) is 0 Å². The van der Waals surface area contributed by atoms with Crippen LogP contribution in [0, 0.1) is 22.7 Å². The topological polar surface area (TPSA) is 47.6 Å². The fraction of sp³-hybridized carbons (Fsp3) is 0.0769. The van der Waals surface area contributed by atoms with E-state index in [-0.39, 0.29) is 5.57 Å². The summed E-state index contributed by atoms with van der Waals surface area (Å²) in [4.78, 5) is 0. The zero-order chi connectivity index (χ0) is 11.1. The maximum Gasteiger partial charge on any atom is 0.129 e. The van der Waals surface area contributed by atoms with Crippen molar-refractivity contribution in [3.05, 3.63) is 53.1 Å². The van der Waals surface area contributed by atoms with Gasteiger partial charge in [-0.15, -0.1) is 0 Å². The SMILES string of the molecule is C/C(C=C(C#N)C#N)=C/c1ccccc1. The summed E-state index contributed by atoms with van der Waals surface area (Å²) in [5, 5.41) is 17.1. The van der Waals surface area contributed by atoms with E-state index in [9.17, 15) is 0 Å². The van der Waals surface area contributed by atoms with Crippen molar-refractivity contribution in [2.24, 2.45) is 0 Å². The Kier molecular flexibility index (Phi) is 3.89. The smallest absolute Gasteiger partial charge is 0.129 e. The van der Waals surface area contributed by atoms with Crippen molar-refractivity contribution in [2.75, 3.05) is 0 Å². The van der Waals surface area contributed by atoms with Gasteiger partial charge >= 0.3 is 0 Å². The molecule has 0 bridgehead atoms. The molecular weight excluding hydrogens is 184 g/mol. The predicted octanol–water partition coefficient (Wildman–Crippen LogP) is 3.06. The van der Waals surface area contributed by atoms with Crippen LogP contribution in [0.3, 0.4) is 0 Å². The maximum absolute atomic E-state index is 8.57. The molecule has 2 heteroatoms. The van der Waals surface area contributed by atoms with Gasteiger partial charge in [0.25, 0.3) is 0 Å². The van der Waals surface area contributed by atoms with E-state index in [1.165, 1.54) is 0 Å². The van der Waals surface area contributed by atoms with E-state index >= 15 is 0 Å². The number of nitriles is 2. The van der Waals surface area contributed by atoms with E-state index in [0.29, 0.717) is 0 Å². The quantitative estimate of drug-likeness (QED) is 0.536. The zero-order valence-corrected chi connectivity index (χ0v) is 8.44. The zero-order valence-electron chi connectivity index (χ0n) is 8.44. The summed E-state index contributed by atoms with van der Waals surface area (Å²) in [7, 11) is 0. The molecule has 15 heavy (non-hydrogen) atoms. The molecule has 1 aromatic rings. The second-order valence-electron chi connectivity index (χ2n) is 3.08. The van der Waals surface area contributed by atoms with Gasteiger partial charge in [0, 0.05) is 0 Å². The van der Waals surface area contributed by atoms with Crippen LogP contribution in [0.5, 0.6) is 0 Å². The highest BCUT2D eigenvalue weighted by molar-refractivity contribution is 5.57. The molecule has 1 rings (SSSR count). The largest absolute Gasteiger partial charge is 0.192 e. The van der Waals surface area contributed by atoms with Gasteiger partial charge < -0.3 is 0 Å². The molecule has 0 fully saturated rings. The molecule has 0 aliphatic carbocycles. The van der Waals surface area contributed by atoms with E-state index in [2.05, 4.69) is 0 Å². The molecule has 0 unspecified atom stereocenters. The van der Waals surface area contributed by atoms with Crippen LogP contribution in [0.15, 0.2) is 47.6 Å². The number of rotatable bonds is 2. The monoisotopic (exact) mass is 194 g/mol. The highest BCUT2D eigenvalue weighted by Gasteiger charge is 1.92. The molecule has 0 spiro atoms. The molecule has 0 aliphatic rings. The van der Waals surface area contributed by atoms with Crippen LogP contribution in [0.4, 0.5) is 0 Å². The Bertz CT molecular complexity index is 451. The summed E-state index contributed by atoms with van der Waals surface area (Å²) in [6.45, 7) is 1.86. The lowest BCUT2D eigenvalue weighted by Gasteiger charge is -1.94. The first-order chi connectivity index (χ1) is 7.26. The van der Waals surface area contributed by atoms with E-state index in [4.69, 9.17) is 10.5 Å². The van der Waals surface area contributed by atoms with Gasteiger partial charge in [-0.1, -0.05) is 36.4 Å². The predicted molar refractivity (Wildman–Crippen MR) is 59.4 cm³/mol. The Morgan fingerprint density at radius 1 is 1.13 bits per heavy atom. The minimum absolute atomic E-state index is 0.125. The maximum atomic E-state index is 8.57. The second-order valence-corrected chi connectivity index (χ2v) is 3.08. The molecule has 0 aliphatic heterocycles. The van der Waals surface area contributed by atoms with E-state index in [0.717, 1.165) is 11.1 Å². The minimum Gasteiger partial charge on any atom is -0.192 e. The summed E-state index contributed by atoms with van der Waals surface area (Å²) in [5.41, 5.74) is 2.07. The lowest BCUT2D eigenvalue weighted by atomic mass is 10.1. The van der Waals surface area contributed by atoms with Crippen molar-refractivity contribution in [3.8, 4) is 12.1 Å². The highest BCUT2D eigenvalue weighted by Crippen LogP contribution is 2.08. The first-order valence-corrected chi connectivity index (χ1v) is 4.51. The Morgan fingerprint density at radius 3 is 2.27 bits per heavy atom. The van der Waals surface area contributed by atoms with Gasteiger partial charge in [0.05, 0.1) is 0 Å². The molecule has 2 nitrogen and oxygen atoms in total. The van der Waals surface area contributed by atoms with Gasteiger partial charge in [0.1, 0.15) is 17.7 Å². The summed E-state index contributed by atoms with van der Waals surface area (Å²) in [6.07, 6.45) is 3.50. The van der Waals surface area contributed by atoms with Crippen LogP contribution >= 0.6 is 0 Å². The number of allylic oxidation sites excluding steroid dienone is 3. The number of nitrogens with zero attached hydrogens (tertiary/aromatic N) is 2. The van der Waals surface area contributed by atoms with Crippen molar-refractivity contribution in [3.63, 3.8) is 0 Å². The summed E-state index contributed by atoms with van der Waals surface area (Å²) >= 11 is 0. The van der Waals surface area contributed by atoms with Gasteiger partial charge in [-0.25, -0.2) is 0 Å². The van der Waals surface area contributed by atoms with Crippen LogP contribution in [0.25, 0.3) is 6.08 Å². The number of benzene rings is 1. The standard InChI is InChI=1S/C13H10N2/c1-11(8-13(9-14)10-15)7-12-5-3-2-4-6-12/h2-8H,1H3/b11-7-. The van der Waals surface area contributed by atoms with Crippen LogP contribution in [0.1, 0.15) is 12.5 Å². The molecule has 0 saturated heterocycles. The molecule has 0 saturated carbocycles. The van der Waals surface area contributed by atoms with E-state index in [1.54, 1.807) is 6.08 Å². The molecule has 1 aromatic carbocycles. The Morgan fingerprint density at radius 2 is 1.73 bits per heavy atom. The highest BCUT2D eigenvalue weighted by atomic mass is 14.3. The van der Waals surface area contributed by atoms with Crippen molar-refractivity contribution in [2.45, 2.75) is 6.92 Å². The lowest BCUT2D eigenvalue weighted by molar-refractivity contribution is 1.44. The molecule has 72 valence electrons. The Labute approximate surface area is 89.4 Å². The van der Waals surface area contributed by atoms with Crippen molar-refractivity contribution < 1.29 is 0 Å². The van der Waals surface area contributed by atoms with Gasteiger partial charge in [-0.2, -0.15) is 10.5 Å². The molecule has 0 radical (unpaired) electrons. The van der Waals surface area contributed by atoms with Crippen molar-refractivity contribution in [1.82, 2.24) is 0 Å². The third-order valence-electron chi connectivity index (χ3n) is 1.81. The van der Waals surface area contributed by atoms with Gasteiger partial charge in [-0.05, 0) is 24.1 Å². The van der Waals surface area contributed by atoms with Crippen molar-refractivity contribution >= 4 is 6.08 Å². The second kappa shape index (κ2) is 5.42. The van der Waals surface area contributed by atoms with E-state index < -0.39 is 0 Å². The summed E-state index contributed by atoms with van der Waals surface area (Å²) in [6, 6.07) is 13.4. The molecule has 0 heterocycles. The fourth-order valence-electron chi connectivity index (χ4n) is 1.17. The summed E-state index contributed by atoms with van der Waals surface area (Å²) in [5.74, 6) is 0. The average molecular weight is 194 g/mol. The van der Waals surface area contributed by atoms with Crippen LogP contribution in [0.2, 0.25) is 0 Å². The van der Waals surface area contributed by atoms with Gasteiger partial charge in [0.2, 0.25) is 0 Å². The molecule has 0 aromatic heterocycles. The lowest BCUT2D eigenvalue weighted by Crippen LogP contribution is -1.76. The Hall–Kier alpha value is -2.32. The Balaban J connectivity index is 2.93. The van der Waals surface area contributed by atoms with Crippen LogP contribution in [-0.2, 0) is 0 Å². The fourth-order valence-corrected chi connectivity index (χ4v) is 1.17. The molecule has 0 N–H and O–H groups in total. The molecular formula is C13H10N2. The van der Waals surface area contributed by atoms with Crippen molar-refractivity contribution in [1.29, 1.82) is 10.5 Å². The van der Waals surface area contributed by atoms with Crippen LogP contribution < -0.4 is 0 Å². The first kappa shape index (κ1) is 10.8. The third-order valence-corrected chi connectivity index (χ3v) is 1.81. The first-order valence-electron chi connectivity index (χ1n) is 4.51. The van der Waals surface area contributed by atoms with E-state index in [1.807, 2.05) is 55.5 Å². The average Bonchev–Trinajstić information content (AvgIpc) is 2.27. The number of hydrogen-bond acceptors (Lipinski definition) is 2. The summed E-state index contributed by atoms with van der Waals surface area (Å²) < 4.78 is 0. The van der Waals surface area contributed by atoms with Crippen LogP contribution in [-0.4, -0.2) is 0 Å². The van der Waals surface area contributed by atoms with Gasteiger partial charge in [0.15, 0.2) is 0 Å². The normalized spacial score (nSPS) is 9.93.